The first-order valence-corrected chi connectivity index (χ1v) is 13.1. The van der Waals surface area contributed by atoms with Gasteiger partial charge in [-0.1, -0.05) is 128 Å². The van der Waals surface area contributed by atoms with Gasteiger partial charge in [0.25, 0.3) is 0 Å². The normalized spacial score (nSPS) is 12.3. The van der Waals surface area contributed by atoms with Gasteiger partial charge in [0.15, 0.2) is 0 Å². The van der Waals surface area contributed by atoms with Crippen LogP contribution in [0.3, 0.4) is 0 Å². The van der Waals surface area contributed by atoms with Crippen LogP contribution in [-0.4, -0.2) is 6.71 Å². The Bertz CT molecular complexity index is 1820. The molecule has 6 aromatic carbocycles. The molecule has 6 aromatic rings. The van der Waals surface area contributed by atoms with Gasteiger partial charge in [0.05, 0.1) is 0 Å². The van der Waals surface area contributed by atoms with Crippen LogP contribution >= 0.6 is 0 Å². The van der Waals surface area contributed by atoms with Crippen LogP contribution in [0.2, 0.25) is 0 Å². The Balaban J connectivity index is 1.52. The Labute approximate surface area is 224 Å². The second-order valence-electron chi connectivity index (χ2n) is 9.81. The highest BCUT2D eigenvalue weighted by Gasteiger charge is 2.35. The fraction of sp³-hybridized carbons (Fsp3) is 0. The Morgan fingerprint density at radius 1 is 0.500 bits per heavy atom. The van der Waals surface area contributed by atoms with Crippen molar-refractivity contribution in [1.82, 2.24) is 0 Å². The summed E-state index contributed by atoms with van der Waals surface area (Å²) in [5, 5.41) is 4.92. The number of fused-ring (bicyclic) bond motifs is 5. The number of anilines is 3. The van der Waals surface area contributed by atoms with Crippen LogP contribution in [-0.2, 0) is 0 Å². The number of benzene rings is 6. The Hall–Kier alpha value is -4.82. The quantitative estimate of drug-likeness (QED) is 0.184. The fourth-order valence-electron chi connectivity index (χ4n) is 6.26. The molecule has 0 radical (unpaired) electrons. The van der Waals surface area contributed by atoms with E-state index >= 15 is 0 Å². The summed E-state index contributed by atoms with van der Waals surface area (Å²) in [6.45, 7) is 8.47. The first-order chi connectivity index (χ1) is 18.8. The van der Waals surface area contributed by atoms with Gasteiger partial charge in [-0.05, 0) is 67.9 Å². The minimum absolute atomic E-state index is 0.114. The molecule has 0 atom stereocenters. The number of hydrogen-bond donors (Lipinski definition) is 0. The van der Waals surface area contributed by atoms with E-state index in [0.717, 1.165) is 11.1 Å². The number of nitrogens with zero attached hydrogens (tertiary/aromatic N) is 1. The van der Waals surface area contributed by atoms with Crippen molar-refractivity contribution < 1.29 is 0 Å². The molecule has 0 fully saturated rings. The molecule has 0 saturated heterocycles. The summed E-state index contributed by atoms with van der Waals surface area (Å²) in [5.41, 5.74) is 9.77. The minimum atomic E-state index is 0.114. The van der Waals surface area contributed by atoms with E-state index in [1.165, 1.54) is 55.0 Å². The third-order valence-corrected chi connectivity index (χ3v) is 7.86. The lowest BCUT2D eigenvalue weighted by molar-refractivity contribution is 1.29. The van der Waals surface area contributed by atoms with Gasteiger partial charge in [0.1, 0.15) is 0 Å². The van der Waals surface area contributed by atoms with Crippen molar-refractivity contribution in [2.75, 3.05) is 4.90 Å². The lowest BCUT2D eigenvalue weighted by atomic mass is 9.35. The molecule has 0 amide bonds. The maximum atomic E-state index is 4.20. The summed E-state index contributed by atoms with van der Waals surface area (Å²) in [7, 11) is 0. The van der Waals surface area contributed by atoms with Crippen molar-refractivity contribution in [3.8, 4) is 0 Å². The predicted octanol–water partition coefficient (Wildman–Crippen LogP) is 7.58. The molecule has 178 valence electrons. The molecule has 2 heteroatoms. The molecule has 38 heavy (non-hydrogen) atoms. The molecule has 1 aliphatic heterocycles. The molecular formula is C36H26BN. The summed E-state index contributed by atoms with van der Waals surface area (Å²) >= 11 is 0. The third kappa shape index (κ3) is 3.27. The highest BCUT2D eigenvalue weighted by atomic mass is 15.1. The van der Waals surface area contributed by atoms with Crippen molar-refractivity contribution in [3.05, 3.63) is 146 Å². The van der Waals surface area contributed by atoms with Gasteiger partial charge in [0.2, 0.25) is 6.71 Å². The summed E-state index contributed by atoms with van der Waals surface area (Å²) in [6.07, 6.45) is 3.95. The standard InChI is InChI=1S/C36H26BN/c1-3-27-28(4-2)32-24-25(22-23-31(32)30-17-9-8-16-29(27)30)37-33-18-10-12-20-35(33)38(26-14-6-5-7-15-26)36-21-13-11-19-34(36)37/h3-24H,1-2H2. The van der Waals surface area contributed by atoms with Crippen LogP contribution in [0.1, 0.15) is 11.1 Å². The lowest BCUT2D eigenvalue weighted by Gasteiger charge is -2.37. The van der Waals surface area contributed by atoms with Gasteiger partial charge in [-0.3, -0.25) is 0 Å². The average molecular weight is 483 g/mol. The smallest absolute Gasteiger partial charge is 0.246 e. The molecule has 1 nitrogen and oxygen atoms in total. The zero-order valence-corrected chi connectivity index (χ0v) is 21.1. The Morgan fingerprint density at radius 3 is 1.68 bits per heavy atom. The average Bonchev–Trinajstić information content (AvgIpc) is 2.99. The monoisotopic (exact) mass is 483 g/mol. The van der Waals surface area contributed by atoms with Crippen molar-refractivity contribution in [3.63, 3.8) is 0 Å². The van der Waals surface area contributed by atoms with E-state index in [2.05, 4.69) is 139 Å². The largest absolute Gasteiger partial charge is 0.312 e. The van der Waals surface area contributed by atoms with Crippen LogP contribution < -0.4 is 21.3 Å². The van der Waals surface area contributed by atoms with E-state index in [1.807, 2.05) is 12.2 Å². The van der Waals surface area contributed by atoms with Crippen LogP contribution in [0.5, 0.6) is 0 Å². The van der Waals surface area contributed by atoms with Gasteiger partial charge in [-0.2, -0.15) is 0 Å². The molecule has 7 rings (SSSR count). The van der Waals surface area contributed by atoms with Crippen LogP contribution in [0.25, 0.3) is 33.7 Å². The van der Waals surface area contributed by atoms with Crippen molar-refractivity contribution in [2.24, 2.45) is 0 Å². The zero-order valence-electron chi connectivity index (χ0n) is 21.1. The van der Waals surface area contributed by atoms with Crippen LogP contribution in [0, 0.1) is 0 Å². The second-order valence-corrected chi connectivity index (χ2v) is 9.81. The number of hydrogen-bond acceptors (Lipinski definition) is 1. The minimum Gasteiger partial charge on any atom is -0.312 e. The summed E-state index contributed by atoms with van der Waals surface area (Å²) in [5.74, 6) is 0. The highest BCUT2D eigenvalue weighted by Crippen LogP contribution is 2.37. The van der Waals surface area contributed by atoms with Crippen molar-refractivity contribution in [1.29, 1.82) is 0 Å². The highest BCUT2D eigenvalue weighted by molar-refractivity contribution is 6.98. The Morgan fingerprint density at radius 2 is 1.03 bits per heavy atom. The van der Waals surface area contributed by atoms with Crippen molar-refractivity contribution in [2.45, 2.75) is 0 Å². The molecule has 0 N–H and O–H groups in total. The predicted molar refractivity (Wildman–Crippen MR) is 167 cm³/mol. The maximum Gasteiger partial charge on any atom is 0.246 e. The molecule has 0 saturated carbocycles. The summed E-state index contributed by atoms with van der Waals surface area (Å²) < 4.78 is 0. The number of rotatable bonds is 4. The van der Waals surface area contributed by atoms with Crippen molar-refractivity contribution >= 4 is 73.9 Å². The maximum absolute atomic E-state index is 4.20. The Kier molecular flexibility index (Phi) is 5.26. The van der Waals surface area contributed by atoms with Gasteiger partial charge in [-0.25, -0.2) is 0 Å². The molecule has 0 spiro atoms. The lowest BCUT2D eigenvalue weighted by Crippen LogP contribution is -2.57. The third-order valence-electron chi connectivity index (χ3n) is 7.86. The molecule has 0 bridgehead atoms. The van der Waals surface area contributed by atoms with E-state index in [4.69, 9.17) is 0 Å². The van der Waals surface area contributed by atoms with Gasteiger partial charge in [0, 0.05) is 17.1 Å². The first kappa shape index (κ1) is 22.4. The topological polar surface area (TPSA) is 3.24 Å². The van der Waals surface area contributed by atoms with E-state index in [9.17, 15) is 0 Å². The summed E-state index contributed by atoms with van der Waals surface area (Å²) in [6, 6.07) is 43.8. The molecular weight excluding hydrogens is 457 g/mol. The zero-order chi connectivity index (χ0) is 25.6. The van der Waals surface area contributed by atoms with E-state index < -0.39 is 0 Å². The SMILES string of the molecule is C=Cc1c(C=C)c2cc(B3c4ccccc4N(c4ccccc4)c4ccccc43)ccc2c2ccccc12. The second kappa shape index (κ2) is 8.94. The van der Waals surface area contributed by atoms with Gasteiger partial charge >= 0.3 is 0 Å². The van der Waals surface area contributed by atoms with Gasteiger partial charge < -0.3 is 4.90 Å². The first-order valence-electron chi connectivity index (χ1n) is 13.1. The number of para-hydroxylation sites is 3. The summed E-state index contributed by atoms with van der Waals surface area (Å²) in [4.78, 5) is 2.39. The molecule has 1 heterocycles. The molecule has 0 unspecified atom stereocenters. The van der Waals surface area contributed by atoms with E-state index in [0.29, 0.717) is 0 Å². The molecule has 1 aliphatic rings. The van der Waals surface area contributed by atoms with Crippen LogP contribution in [0.4, 0.5) is 17.1 Å². The van der Waals surface area contributed by atoms with Crippen LogP contribution in [0.15, 0.2) is 134 Å². The van der Waals surface area contributed by atoms with E-state index in [1.54, 1.807) is 0 Å². The molecule has 0 aliphatic carbocycles. The molecule has 0 aromatic heterocycles. The fourth-order valence-corrected chi connectivity index (χ4v) is 6.26. The van der Waals surface area contributed by atoms with E-state index in [-0.39, 0.29) is 6.71 Å². The van der Waals surface area contributed by atoms with Gasteiger partial charge in [-0.15, -0.1) is 0 Å².